The number of nitrogens with two attached hydrogens (primary N) is 1. The SMILES string of the molecule is CC(C(=O)NN)S(=O)(=O)c1ccc2ccccc2c1. The first-order chi connectivity index (χ1) is 8.96. The number of hydrogen-bond acceptors (Lipinski definition) is 4. The molecule has 1 amide bonds. The second kappa shape index (κ2) is 4.99. The van der Waals surface area contributed by atoms with Gasteiger partial charge in [-0.1, -0.05) is 30.3 Å². The van der Waals surface area contributed by atoms with Gasteiger partial charge in [0.25, 0.3) is 5.91 Å². The lowest BCUT2D eigenvalue weighted by Gasteiger charge is -2.11. The number of carbonyl (C=O) groups excluding carboxylic acids is 1. The van der Waals surface area contributed by atoms with Crippen molar-refractivity contribution in [2.24, 2.45) is 5.84 Å². The Kier molecular flexibility index (Phi) is 3.55. The zero-order valence-electron chi connectivity index (χ0n) is 10.3. The van der Waals surface area contributed by atoms with Crippen LogP contribution in [0.4, 0.5) is 0 Å². The molecule has 1 atom stereocenters. The second-order valence-electron chi connectivity index (χ2n) is 4.20. The topological polar surface area (TPSA) is 89.3 Å². The largest absolute Gasteiger partial charge is 0.293 e. The molecule has 100 valence electrons. The van der Waals surface area contributed by atoms with E-state index in [1.807, 2.05) is 29.7 Å². The van der Waals surface area contributed by atoms with Crippen LogP contribution in [0.15, 0.2) is 47.4 Å². The van der Waals surface area contributed by atoms with E-state index >= 15 is 0 Å². The van der Waals surface area contributed by atoms with Crippen LogP contribution in [0.1, 0.15) is 6.92 Å². The number of carbonyl (C=O) groups is 1. The van der Waals surface area contributed by atoms with Gasteiger partial charge >= 0.3 is 0 Å². The highest BCUT2D eigenvalue weighted by molar-refractivity contribution is 7.92. The van der Waals surface area contributed by atoms with Crippen LogP contribution < -0.4 is 11.3 Å². The minimum absolute atomic E-state index is 0.113. The number of sulfone groups is 1. The highest BCUT2D eigenvalue weighted by atomic mass is 32.2. The van der Waals surface area contributed by atoms with Gasteiger partial charge in [0.15, 0.2) is 9.84 Å². The lowest BCUT2D eigenvalue weighted by molar-refractivity contribution is -0.120. The monoisotopic (exact) mass is 278 g/mol. The maximum atomic E-state index is 12.3. The Balaban J connectivity index is 2.52. The molecule has 1 unspecified atom stereocenters. The zero-order valence-corrected chi connectivity index (χ0v) is 11.1. The molecule has 0 aliphatic rings. The van der Waals surface area contributed by atoms with Gasteiger partial charge in [-0.2, -0.15) is 0 Å². The molecule has 0 bridgehead atoms. The quantitative estimate of drug-likeness (QED) is 0.498. The van der Waals surface area contributed by atoms with E-state index < -0.39 is 21.0 Å². The molecule has 0 saturated carbocycles. The summed E-state index contributed by atoms with van der Waals surface area (Å²) in [4.78, 5) is 11.5. The highest BCUT2D eigenvalue weighted by Crippen LogP contribution is 2.22. The molecule has 5 nitrogen and oxygen atoms in total. The fraction of sp³-hybridized carbons (Fsp3) is 0.154. The normalized spacial score (nSPS) is 13.2. The summed E-state index contributed by atoms with van der Waals surface area (Å²) in [5.41, 5.74) is 1.86. The summed E-state index contributed by atoms with van der Waals surface area (Å²) in [5, 5.41) is 0.528. The zero-order chi connectivity index (χ0) is 14.0. The van der Waals surface area contributed by atoms with Gasteiger partial charge in [0, 0.05) is 0 Å². The summed E-state index contributed by atoms with van der Waals surface area (Å²) < 4.78 is 24.5. The third-order valence-electron chi connectivity index (χ3n) is 3.03. The Hall–Kier alpha value is -1.92. The molecule has 0 radical (unpaired) electrons. The predicted octanol–water partition coefficient (Wildman–Crippen LogP) is 0.992. The van der Waals surface area contributed by atoms with Gasteiger partial charge in [-0.3, -0.25) is 10.2 Å². The van der Waals surface area contributed by atoms with Gasteiger partial charge in [0.1, 0.15) is 5.25 Å². The Labute approximate surface area is 111 Å². The smallest absolute Gasteiger partial charge is 0.252 e. The van der Waals surface area contributed by atoms with Crippen LogP contribution in [0.3, 0.4) is 0 Å². The average molecular weight is 278 g/mol. The Morgan fingerprint density at radius 3 is 2.42 bits per heavy atom. The second-order valence-corrected chi connectivity index (χ2v) is 6.47. The molecule has 0 heterocycles. The maximum Gasteiger partial charge on any atom is 0.252 e. The van der Waals surface area contributed by atoms with Crippen LogP contribution in [-0.4, -0.2) is 19.6 Å². The first-order valence-corrected chi connectivity index (χ1v) is 7.24. The maximum absolute atomic E-state index is 12.3. The lowest BCUT2D eigenvalue weighted by atomic mass is 10.1. The standard InChI is InChI=1S/C13H14N2O3S/c1-9(13(16)15-14)19(17,18)12-7-6-10-4-2-3-5-11(10)8-12/h2-9H,14H2,1H3,(H,15,16). The third kappa shape index (κ3) is 2.45. The summed E-state index contributed by atoms with van der Waals surface area (Å²) in [6, 6.07) is 12.2. The number of rotatable bonds is 3. The average Bonchev–Trinajstić information content (AvgIpc) is 2.45. The van der Waals surface area contributed by atoms with E-state index in [1.54, 1.807) is 12.1 Å². The van der Waals surface area contributed by atoms with Crippen LogP contribution in [-0.2, 0) is 14.6 Å². The minimum atomic E-state index is -3.73. The van der Waals surface area contributed by atoms with E-state index in [2.05, 4.69) is 0 Å². The number of hydrazine groups is 1. The molecule has 0 aliphatic heterocycles. The van der Waals surface area contributed by atoms with Crippen LogP contribution in [0.25, 0.3) is 10.8 Å². The highest BCUT2D eigenvalue weighted by Gasteiger charge is 2.29. The van der Waals surface area contributed by atoms with Crippen molar-refractivity contribution in [2.75, 3.05) is 0 Å². The Bertz CT molecular complexity index is 726. The van der Waals surface area contributed by atoms with Crippen LogP contribution in [0, 0.1) is 0 Å². The molecule has 2 aromatic rings. The van der Waals surface area contributed by atoms with Gasteiger partial charge in [0.2, 0.25) is 0 Å². The van der Waals surface area contributed by atoms with E-state index in [9.17, 15) is 13.2 Å². The summed E-state index contributed by atoms with van der Waals surface area (Å²) in [6.07, 6.45) is 0. The van der Waals surface area contributed by atoms with Crippen LogP contribution in [0.2, 0.25) is 0 Å². The molecule has 0 aliphatic carbocycles. The van der Waals surface area contributed by atoms with Gasteiger partial charge < -0.3 is 0 Å². The van der Waals surface area contributed by atoms with E-state index in [0.717, 1.165) is 10.8 Å². The van der Waals surface area contributed by atoms with Crippen molar-refractivity contribution < 1.29 is 13.2 Å². The van der Waals surface area contributed by atoms with Crippen molar-refractivity contribution in [2.45, 2.75) is 17.1 Å². The molecular weight excluding hydrogens is 264 g/mol. The van der Waals surface area contributed by atoms with Crippen molar-refractivity contribution in [1.82, 2.24) is 5.43 Å². The molecular formula is C13H14N2O3S. The predicted molar refractivity (Wildman–Crippen MR) is 72.9 cm³/mol. The minimum Gasteiger partial charge on any atom is -0.293 e. The van der Waals surface area contributed by atoms with E-state index in [4.69, 9.17) is 5.84 Å². The number of hydrogen-bond donors (Lipinski definition) is 2. The van der Waals surface area contributed by atoms with Crippen molar-refractivity contribution in [3.8, 4) is 0 Å². The van der Waals surface area contributed by atoms with Gasteiger partial charge in [0.05, 0.1) is 4.90 Å². The summed E-state index contributed by atoms with van der Waals surface area (Å²) in [5.74, 6) is 4.25. The lowest BCUT2D eigenvalue weighted by Crippen LogP contribution is -2.41. The molecule has 0 aromatic heterocycles. The molecule has 2 rings (SSSR count). The summed E-state index contributed by atoms with van der Waals surface area (Å²) in [6.45, 7) is 1.31. The van der Waals surface area contributed by atoms with Gasteiger partial charge in [-0.15, -0.1) is 0 Å². The van der Waals surface area contributed by atoms with Gasteiger partial charge in [-0.25, -0.2) is 14.3 Å². The molecule has 6 heteroatoms. The first kappa shape index (κ1) is 13.5. The fourth-order valence-corrected chi connectivity index (χ4v) is 3.11. The van der Waals surface area contributed by atoms with Crippen molar-refractivity contribution in [3.05, 3.63) is 42.5 Å². The molecule has 19 heavy (non-hydrogen) atoms. The summed E-state index contributed by atoms with van der Waals surface area (Å²) in [7, 11) is -3.73. The van der Waals surface area contributed by atoms with Crippen molar-refractivity contribution >= 4 is 26.5 Å². The van der Waals surface area contributed by atoms with E-state index in [1.165, 1.54) is 13.0 Å². The summed E-state index contributed by atoms with van der Waals surface area (Å²) >= 11 is 0. The van der Waals surface area contributed by atoms with E-state index in [0.29, 0.717) is 0 Å². The van der Waals surface area contributed by atoms with Crippen molar-refractivity contribution in [3.63, 3.8) is 0 Å². The molecule has 3 N–H and O–H groups in total. The molecule has 2 aromatic carbocycles. The van der Waals surface area contributed by atoms with Crippen molar-refractivity contribution in [1.29, 1.82) is 0 Å². The molecule has 0 spiro atoms. The first-order valence-electron chi connectivity index (χ1n) is 5.70. The fourth-order valence-electron chi connectivity index (χ4n) is 1.81. The molecule has 0 saturated heterocycles. The third-order valence-corrected chi connectivity index (χ3v) is 5.08. The van der Waals surface area contributed by atoms with Crippen LogP contribution in [0.5, 0.6) is 0 Å². The number of nitrogens with one attached hydrogen (secondary N) is 1. The van der Waals surface area contributed by atoms with Crippen LogP contribution >= 0.6 is 0 Å². The number of fused-ring (bicyclic) bond motifs is 1. The van der Waals surface area contributed by atoms with Gasteiger partial charge in [-0.05, 0) is 29.8 Å². The number of amides is 1. The Morgan fingerprint density at radius 1 is 1.16 bits per heavy atom. The van der Waals surface area contributed by atoms with E-state index in [-0.39, 0.29) is 4.90 Å². The number of benzene rings is 2. The molecule has 0 fully saturated rings. The Morgan fingerprint density at radius 2 is 1.79 bits per heavy atom.